The van der Waals surface area contributed by atoms with Gasteiger partial charge in [-0.05, 0) is 62.1 Å². The summed E-state index contributed by atoms with van der Waals surface area (Å²) in [5.41, 5.74) is 2.78. The van der Waals surface area contributed by atoms with Crippen LogP contribution in [-0.2, 0) is 23.1 Å². The number of phenols is 1. The van der Waals surface area contributed by atoms with Crippen LogP contribution >= 0.6 is 11.6 Å². The van der Waals surface area contributed by atoms with Gasteiger partial charge in [0.1, 0.15) is 5.75 Å². The van der Waals surface area contributed by atoms with E-state index in [2.05, 4.69) is 0 Å². The number of aliphatic carboxylic acids is 1. The fourth-order valence-corrected chi connectivity index (χ4v) is 4.58. The molecule has 3 nitrogen and oxygen atoms in total. The molecular weight excluding hydrogens is 288 g/mol. The van der Waals surface area contributed by atoms with Crippen LogP contribution in [0.4, 0.5) is 0 Å². The number of hydrogen-bond donors (Lipinski definition) is 2. The number of rotatable bonds is 2. The van der Waals surface area contributed by atoms with Crippen molar-refractivity contribution >= 4 is 17.6 Å². The highest BCUT2D eigenvalue weighted by Gasteiger charge is 2.46. The second-order valence-electron chi connectivity index (χ2n) is 6.42. The zero-order valence-corrected chi connectivity index (χ0v) is 13.1. The van der Waals surface area contributed by atoms with Crippen LogP contribution in [0.2, 0.25) is 5.02 Å². The molecule has 0 radical (unpaired) electrons. The zero-order chi connectivity index (χ0) is 15.2. The maximum absolute atomic E-state index is 12.0. The Bertz CT molecular complexity index is 601. The van der Waals surface area contributed by atoms with Crippen molar-refractivity contribution in [3.05, 3.63) is 27.3 Å². The van der Waals surface area contributed by atoms with Crippen molar-refractivity contribution in [2.75, 3.05) is 0 Å². The monoisotopic (exact) mass is 308 g/mol. The Hall–Kier alpha value is -1.22. The molecule has 2 N–H and O–H groups in total. The van der Waals surface area contributed by atoms with Gasteiger partial charge < -0.3 is 10.2 Å². The Balaban J connectivity index is 2.28. The summed E-state index contributed by atoms with van der Waals surface area (Å²) >= 11 is 6.39. The Labute approximate surface area is 129 Å². The van der Waals surface area contributed by atoms with Crippen LogP contribution < -0.4 is 0 Å². The highest BCUT2D eigenvalue weighted by Crippen LogP contribution is 2.51. The molecule has 2 aliphatic carbocycles. The van der Waals surface area contributed by atoms with E-state index in [1.54, 1.807) is 0 Å². The lowest BCUT2D eigenvalue weighted by molar-refractivity contribution is -0.143. The summed E-state index contributed by atoms with van der Waals surface area (Å²) in [5, 5.41) is 20.8. The fraction of sp³-hybridized carbons (Fsp3) is 0.588. The molecule has 2 aliphatic rings. The van der Waals surface area contributed by atoms with Crippen LogP contribution in [0.25, 0.3) is 0 Å². The van der Waals surface area contributed by atoms with Gasteiger partial charge >= 0.3 is 5.97 Å². The van der Waals surface area contributed by atoms with Crippen LogP contribution in [0.3, 0.4) is 0 Å². The van der Waals surface area contributed by atoms with E-state index < -0.39 is 11.4 Å². The van der Waals surface area contributed by atoms with Crippen molar-refractivity contribution in [3.63, 3.8) is 0 Å². The molecule has 4 heteroatoms. The average Bonchev–Trinajstić information content (AvgIpc) is 2.96. The van der Waals surface area contributed by atoms with Crippen LogP contribution in [0.15, 0.2) is 0 Å². The third kappa shape index (κ3) is 2.05. The molecule has 0 aromatic heterocycles. The molecule has 0 spiro atoms. The van der Waals surface area contributed by atoms with Gasteiger partial charge in [0, 0.05) is 5.56 Å². The summed E-state index contributed by atoms with van der Waals surface area (Å²) in [6.45, 7) is 1.96. The van der Waals surface area contributed by atoms with Crippen molar-refractivity contribution in [3.8, 4) is 5.75 Å². The number of hydrogen-bond acceptors (Lipinski definition) is 2. The predicted molar refractivity (Wildman–Crippen MR) is 82.3 cm³/mol. The lowest BCUT2D eigenvalue weighted by Crippen LogP contribution is -2.34. The van der Waals surface area contributed by atoms with Gasteiger partial charge in [0.2, 0.25) is 0 Å². The van der Waals surface area contributed by atoms with Crippen LogP contribution in [0, 0.1) is 6.92 Å². The smallest absolute Gasteiger partial charge is 0.314 e. The van der Waals surface area contributed by atoms with Crippen molar-refractivity contribution in [1.82, 2.24) is 0 Å². The van der Waals surface area contributed by atoms with Gasteiger partial charge in [-0.1, -0.05) is 24.4 Å². The first-order chi connectivity index (χ1) is 9.99. The molecule has 0 amide bonds. The Morgan fingerprint density at radius 2 is 1.67 bits per heavy atom. The molecule has 1 aromatic carbocycles. The van der Waals surface area contributed by atoms with Gasteiger partial charge in [-0.3, -0.25) is 4.79 Å². The van der Waals surface area contributed by atoms with Crippen LogP contribution in [-0.4, -0.2) is 16.2 Å². The van der Waals surface area contributed by atoms with Crippen molar-refractivity contribution in [2.24, 2.45) is 0 Å². The zero-order valence-electron chi connectivity index (χ0n) is 12.3. The minimum Gasteiger partial charge on any atom is -0.506 e. The molecule has 0 heterocycles. The number of carbonyl (C=O) groups is 1. The van der Waals surface area contributed by atoms with Gasteiger partial charge in [0.25, 0.3) is 0 Å². The normalized spacial score (nSPS) is 20.3. The molecule has 0 unspecified atom stereocenters. The molecular formula is C17H21ClO3. The van der Waals surface area contributed by atoms with Crippen LogP contribution in [0.1, 0.15) is 60.8 Å². The van der Waals surface area contributed by atoms with E-state index >= 15 is 0 Å². The largest absolute Gasteiger partial charge is 0.506 e. The van der Waals surface area contributed by atoms with E-state index in [0.717, 1.165) is 49.7 Å². The summed E-state index contributed by atoms with van der Waals surface area (Å²) in [5.74, 6) is -0.815. The minimum absolute atomic E-state index is 0.0131. The molecule has 0 aliphatic heterocycles. The summed E-state index contributed by atoms with van der Waals surface area (Å²) in [6.07, 6.45) is 6.95. The van der Waals surface area contributed by atoms with E-state index in [-0.39, 0.29) is 5.75 Å². The first kappa shape index (κ1) is 14.7. The average molecular weight is 309 g/mol. The van der Waals surface area contributed by atoms with E-state index in [0.29, 0.717) is 23.4 Å². The molecule has 1 fully saturated rings. The number of aromatic hydroxyl groups is 1. The molecule has 0 bridgehead atoms. The highest BCUT2D eigenvalue weighted by atomic mass is 35.5. The third-order valence-corrected chi connectivity index (χ3v) is 5.76. The van der Waals surface area contributed by atoms with Crippen molar-refractivity contribution in [2.45, 2.75) is 63.7 Å². The number of phenolic OH excluding ortho intramolecular Hbond substituents is 1. The van der Waals surface area contributed by atoms with Gasteiger partial charge in [0.05, 0.1) is 10.4 Å². The second-order valence-corrected chi connectivity index (χ2v) is 6.80. The lowest BCUT2D eigenvalue weighted by atomic mass is 9.73. The van der Waals surface area contributed by atoms with Crippen molar-refractivity contribution in [1.29, 1.82) is 0 Å². The maximum atomic E-state index is 12.0. The number of halogens is 1. The molecule has 1 saturated carbocycles. The minimum atomic E-state index is -0.954. The Morgan fingerprint density at radius 3 is 2.24 bits per heavy atom. The van der Waals surface area contributed by atoms with E-state index in [1.165, 1.54) is 5.56 Å². The predicted octanol–water partition coefficient (Wildman–Crippen LogP) is 4.13. The van der Waals surface area contributed by atoms with E-state index in [1.807, 2.05) is 6.92 Å². The molecule has 114 valence electrons. The van der Waals surface area contributed by atoms with Gasteiger partial charge in [0.15, 0.2) is 0 Å². The molecule has 3 rings (SSSR count). The van der Waals surface area contributed by atoms with E-state index in [4.69, 9.17) is 11.6 Å². The second kappa shape index (κ2) is 5.20. The fourth-order valence-electron chi connectivity index (χ4n) is 4.28. The topological polar surface area (TPSA) is 57.5 Å². The maximum Gasteiger partial charge on any atom is 0.314 e. The summed E-state index contributed by atoms with van der Waals surface area (Å²) in [6, 6.07) is 0. The van der Waals surface area contributed by atoms with E-state index in [9.17, 15) is 15.0 Å². The van der Waals surface area contributed by atoms with Gasteiger partial charge in [-0.15, -0.1) is 0 Å². The molecule has 0 atom stereocenters. The third-order valence-electron chi connectivity index (χ3n) is 5.35. The quantitative estimate of drug-likeness (QED) is 0.863. The van der Waals surface area contributed by atoms with Crippen LogP contribution in [0.5, 0.6) is 5.75 Å². The first-order valence-corrected chi connectivity index (χ1v) is 8.13. The van der Waals surface area contributed by atoms with Gasteiger partial charge in [-0.2, -0.15) is 0 Å². The molecule has 1 aromatic rings. The Kier molecular flexibility index (Phi) is 3.64. The first-order valence-electron chi connectivity index (χ1n) is 7.75. The standard InChI is InChI=1S/C17H21ClO3/c1-10-11-6-2-3-7-12(11)14(18)15(19)13(10)17(16(20)21)8-4-5-9-17/h19H,2-9H2,1H3,(H,20,21). The Morgan fingerprint density at radius 1 is 1.10 bits per heavy atom. The highest BCUT2D eigenvalue weighted by molar-refractivity contribution is 6.33. The summed E-state index contributed by atoms with van der Waals surface area (Å²) in [7, 11) is 0. The van der Waals surface area contributed by atoms with Crippen molar-refractivity contribution < 1.29 is 15.0 Å². The number of carboxylic acids is 1. The molecule has 0 saturated heterocycles. The summed E-state index contributed by atoms with van der Waals surface area (Å²) in [4.78, 5) is 12.0. The lowest BCUT2D eigenvalue weighted by Gasteiger charge is -2.31. The number of carboxylic acid groups (broad SMARTS) is 1. The molecule has 21 heavy (non-hydrogen) atoms. The number of fused-ring (bicyclic) bond motifs is 1. The summed E-state index contributed by atoms with van der Waals surface area (Å²) < 4.78 is 0. The van der Waals surface area contributed by atoms with Gasteiger partial charge in [-0.25, -0.2) is 0 Å². The SMILES string of the molecule is Cc1c2c(c(Cl)c(O)c1C1(C(=O)O)CCCC1)CCCC2. The number of benzene rings is 1.